The number of aromatic nitrogens is 2. The number of fused-ring (bicyclic) bond motifs is 2. The molecule has 6 heteroatoms. The number of hydrogen-bond acceptors (Lipinski definition) is 4. The van der Waals surface area contributed by atoms with Crippen LogP contribution in [0.5, 0.6) is 5.75 Å². The first-order valence-corrected chi connectivity index (χ1v) is 7.84. The number of aromatic amines is 1. The zero-order chi connectivity index (χ0) is 17.1. The maximum atomic E-state index is 12.6. The third-order valence-electron chi connectivity index (χ3n) is 4.64. The molecule has 2 heterocycles. The van der Waals surface area contributed by atoms with Crippen molar-refractivity contribution < 1.29 is 9.84 Å². The number of nitrogen functional groups attached to an aromatic ring is 1. The fraction of sp³-hybridized carbons (Fsp3) is 0.278. The maximum absolute atomic E-state index is 12.6. The van der Waals surface area contributed by atoms with E-state index in [4.69, 9.17) is 10.5 Å². The fourth-order valence-corrected chi connectivity index (χ4v) is 3.42. The van der Waals surface area contributed by atoms with E-state index in [0.717, 1.165) is 11.0 Å². The predicted octanol–water partition coefficient (Wildman–Crippen LogP) is 2.03. The summed E-state index contributed by atoms with van der Waals surface area (Å²) in [5.74, 6) is 0.627. The quantitative estimate of drug-likeness (QED) is 0.597. The Morgan fingerprint density at radius 2 is 2.00 bits per heavy atom. The molecule has 1 aliphatic heterocycles. The van der Waals surface area contributed by atoms with Crippen molar-refractivity contribution in [2.75, 3.05) is 5.73 Å². The molecule has 6 nitrogen and oxygen atoms in total. The number of para-hydroxylation sites is 2. The van der Waals surface area contributed by atoms with E-state index in [-0.39, 0.29) is 5.69 Å². The van der Waals surface area contributed by atoms with E-state index in [1.54, 1.807) is 22.8 Å². The highest BCUT2D eigenvalue weighted by molar-refractivity contribution is 5.75. The first-order chi connectivity index (χ1) is 11.4. The van der Waals surface area contributed by atoms with Crippen LogP contribution >= 0.6 is 0 Å². The van der Waals surface area contributed by atoms with Crippen LogP contribution in [-0.4, -0.2) is 26.4 Å². The lowest BCUT2D eigenvalue weighted by molar-refractivity contribution is -0.0634. The van der Waals surface area contributed by atoms with Gasteiger partial charge >= 0.3 is 5.69 Å². The average molecular weight is 325 g/mol. The molecule has 0 amide bonds. The first kappa shape index (κ1) is 14.8. The summed E-state index contributed by atoms with van der Waals surface area (Å²) in [7, 11) is 0. The summed E-state index contributed by atoms with van der Waals surface area (Å²) in [5.41, 5.74) is 7.54. The largest absolute Gasteiger partial charge is 0.485 e. The van der Waals surface area contributed by atoms with Crippen LogP contribution in [0.4, 0.5) is 5.69 Å². The molecule has 3 aromatic rings. The topological polar surface area (TPSA) is 93.3 Å². The number of hydrogen-bond donors (Lipinski definition) is 3. The minimum atomic E-state index is -0.913. The van der Waals surface area contributed by atoms with Gasteiger partial charge in [0, 0.05) is 11.3 Å². The Morgan fingerprint density at radius 1 is 1.25 bits per heavy atom. The van der Waals surface area contributed by atoms with Crippen LogP contribution < -0.4 is 16.2 Å². The minimum absolute atomic E-state index is 0.272. The second kappa shape index (κ2) is 4.88. The molecule has 0 bridgehead atoms. The van der Waals surface area contributed by atoms with Crippen molar-refractivity contribution in [2.45, 2.75) is 31.6 Å². The van der Waals surface area contributed by atoms with Crippen LogP contribution in [0.1, 0.15) is 25.5 Å². The van der Waals surface area contributed by atoms with Gasteiger partial charge in [0.05, 0.1) is 17.1 Å². The number of rotatable bonds is 1. The van der Waals surface area contributed by atoms with Crippen LogP contribution in [0.15, 0.2) is 47.3 Å². The molecule has 0 fully saturated rings. The zero-order valence-corrected chi connectivity index (χ0v) is 13.5. The summed E-state index contributed by atoms with van der Waals surface area (Å²) in [4.78, 5) is 15.5. The Hall–Kier alpha value is -2.73. The first-order valence-electron chi connectivity index (χ1n) is 7.84. The molecule has 0 spiro atoms. The van der Waals surface area contributed by atoms with Crippen molar-refractivity contribution in [3.63, 3.8) is 0 Å². The van der Waals surface area contributed by atoms with Gasteiger partial charge in [-0.2, -0.15) is 0 Å². The lowest BCUT2D eigenvalue weighted by atomic mass is 9.86. The average Bonchev–Trinajstić information content (AvgIpc) is 2.85. The van der Waals surface area contributed by atoms with E-state index < -0.39 is 17.7 Å². The number of anilines is 1. The highest BCUT2D eigenvalue weighted by atomic mass is 16.5. The molecule has 0 saturated carbocycles. The molecule has 1 aliphatic rings. The van der Waals surface area contributed by atoms with Crippen molar-refractivity contribution in [2.24, 2.45) is 0 Å². The molecule has 124 valence electrons. The fourth-order valence-electron chi connectivity index (χ4n) is 3.42. The second-order valence-electron chi connectivity index (χ2n) is 6.71. The molecule has 4 N–H and O–H groups in total. The molecule has 2 atom stereocenters. The number of H-pyrrole nitrogens is 1. The second-order valence-corrected chi connectivity index (χ2v) is 6.71. The summed E-state index contributed by atoms with van der Waals surface area (Å²) in [6, 6.07) is 12.1. The molecule has 1 aromatic heterocycles. The Balaban J connectivity index is 2.04. The van der Waals surface area contributed by atoms with Crippen molar-refractivity contribution in [1.29, 1.82) is 0 Å². The number of nitrogens with two attached hydrogens (primary N) is 1. The van der Waals surface area contributed by atoms with Gasteiger partial charge in [0.25, 0.3) is 0 Å². The van der Waals surface area contributed by atoms with Gasteiger partial charge in [-0.15, -0.1) is 0 Å². The number of ether oxygens (including phenoxy) is 1. The summed E-state index contributed by atoms with van der Waals surface area (Å²) in [6.45, 7) is 3.62. The van der Waals surface area contributed by atoms with Crippen molar-refractivity contribution in [3.8, 4) is 5.75 Å². The number of nitrogens with zero attached hydrogens (tertiary/aromatic N) is 1. The Bertz CT molecular complexity index is 987. The van der Waals surface area contributed by atoms with E-state index in [1.807, 2.05) is 38.1 Å². The third-order valence-corrected chi connectivity index (χ3v) is 4.64. The number of benzene rings is 2. The number of aliphatic hydroxyl groups excluding tert-OH is 1. The van der Waals surface area contributed by atoms with Gasteiger partial charge < -0.3 is 20.6 Å². The van der Waals surface area contributed by atoms with E-state index >= 15 is 0 Å². The van der Waals surface area contributed by atoms with Crippen LogP contribution in [0.2, 0.25) is 0 Å². The molecule has 0 radical (unpaired) electrons. The van der Waals surface area contributed by atoms with Gasteiger partial charge in [0.1, 0.15) is 17.5 Å². The lowest BCUT2D eigenvalue weighted by Gasteiger charge is -2.42. The van der Waals surface area contributed by atoms with E-state index in [1.165, 1.54) is 0 Å². The van der Waals surface area contributed by atoms with Crippen LogP contribution in [0.25, 0.3) is 11.0 Å². The SMILES string of the molecule is CC1(C)Oc2ccc(N)cc2[C@H](n2c(=O)[nH]c3ccccc32)[C@H]1O. The van der Waals surface area contributed by atoms with Gasteiger partial charge in [0.15, 0.2) is 0 Å². The Labute approximate surface area is 138 Å². The zero-order valence-electron chi connectivity index (χ0n) is 13.5. The van der Waals surface area contributed by atoms with Gasteiger partial charge in [-0.1, -0.05) is 12.1 Å². The van der Waals surface area contributed by atoms with Gasteiger partial charge in [-0.3, -0.25) is 4.57 Å². The maximum Gasteiger partial charge on any atom is 0.327 e. The van der Waals surface area contributed by atoms with Gasteiger partial charge in [-0.05, 0) is 44.2 Å². The normalized spacial score (nSPS) is 22.1. The van der Waals surface area contributed by atoms with Crippen molar-refractivity contribution >= 4 is 16.7 Å². The minimum Gasteiger partial charge on any atom is -0.485 e. The summed E-state index contributed by atoms with van der Waals surface area (Å²) in [6.07, 6.45) is -0.913. The number of imidazole rings is 1. The van der Waals surface area contributed by atoms with Crippen LogP contribution in [0.3, 0.4) is 0 Å². The molecule has 0 aliphatic carbocycles. The van der Waals surface area contributed by atoms with Crippen LogP contribution in [0, 0.1) is 0 Å². The smallest absolute Gasteiger partial charge is 0.327 e. The van der Waals surface area contributed by atoms with E-state index in [2.05, 4.69) is 4.98 Å². The highest BCUT2D eigenvalue weighted by Crippen LogP contribution is 2.42. The Morgan fingerprint density at radius 3 is 2.79 bits per heavy atom. The van der Waals surface area contributed by atoms with Crippen LogP contribution in [-0.2, 0) is 0 Å². The predicted molar refractivity (Wildman–Crippen MR) is 92.3 cm³/mol. The summed E-state index contributed by atoms with van der Waals surface area (Å²) >= 11 is 0. The molecule has 0 saturated heterocycles. The summed E-state index contributed by atoms with van der Waals surface area (Å²) < 4.78 is 7.52. The molecular formula is C18H19N3O3. The van der Waals surface area contributed by atoms with Crippen molar-refractivity contribution in [3.05, 3.63) is 58.5 Å². The standard InChI is InChI=1S/C18H19N3O3/c1-18(2)16(22)15(11-9-10(19)7-8-14(11)24-18)21-13-6-4-3-5-12(13)20-17(21)23/h3-9,15-16,22H,19H2,1-2H3,(H,20,23)/t15-,16+/m0/s1. The monoisotopic (exact) mass is 325 g/mol. The number of aliphatic hydroxyl groups is 1. The van der Waals surface area contributed by atoms with Crippen molar-refractivity contribution in [1.82, 2.24) is 9.55 Å². The molecule has 24 heavy (non-hydrogen) atoms. The molecule has 0 unspecified atom stereocenters. The van der Waals surface area contributed by atoms with Gasteiger partial charge in [-0.25, -0.2) is 4.79 Å². The lowest BCUT2D eigenvalue weighted by Crippen LogP contribution is -2.51. The van der Waals surface area contributed by atoms with Gasteiger partial charge in [0.2, 0.25) is 0 Å². The molecule has 4 rings (SSSR count). The van der Waals surface area contributed by atoms with E-state index in [0.29, 0.717) is 17.0 Å². The molecular weight excluding hydrogens is 306 g/mol. The van der Waals surface area contributed by atoms with E-state index in [9.17, 15) is 9.90 Å². The molecule has 2 aromatic carbocycles. The Kier molecular flexibility index (Phi) is 3.02. The third kappa shape index (κ3) is 2.03. The highest BCUT2D eigenvalue weighted by Gasteiger charge is 2.44. The summed E-state index contributed by atoms with van der Waals surface area (Å²) in [5, 5.41) is 11.0. The number of nitrogens with one attached hydrogen (secondary N) is 1.